The maximum atomic E-state index is 13.4. The van der Waals surface area contributed by atoms with Gasteiger partial charge in [0.25, 0.3) is 0 Å². The van der Waals surface area contributed by atoms with E-state index in [1.807, 2.05) is 59.9 Å². The van der Waals surface area contributed by atoms with Crippen LogP contribution in [0.2, 0.25) is 0 Å². The molecular weight excluding hydrogens is 371 g/mol. The molecule has 2 heterocycles. The third-order valence-electron chi connectivity index (χ3n) is 4.93. The van der Waals surface area contributed by atoms with Gasteiger partial charge in [-0.2, -0.15) is 8.97 Å². The second-order valence-electron chi connectivity index (χ2n) is 6.63. The molecule has 0 fully saturated rings. The van der Waals surface area contributed by atoms with Crippen molar-refractivity contribution in [1.82, 2.24) is 4.57 Å². The molecule has 3 nitrogen and oxygen atoms in total. The monoisotopic (exact) mass is 387 g/mol. The average Bonchev–Trinajstić information content (AvgIpc) is 3.22. The van der Waals surface area contributed by atoms with Crippen molar-refractivity contribution in [2.75, 3.05) is 0 Å². The Hall–Kier alpha value is -3.31. The van der Waals surface area contributed by atoms with Gasteiger partial charge in [-0.15, -0.1) is 0 Å². The Labute approximate surface area is 164 Å². The summed E-state index contributed by atoms with van der Waals surface area (Å²) in [5.74, 6) is -0.473. The average molecular weight is 387 g/mol. The van der Waals surface area contributed by atoms with Crippen LogP contribution in [-0.4, -0.2) is 10.4 Å². The molecule has 0 aliphatic rings. The highest BCUT2D eigenvalue weighted by atomic mass is 32.1. The van der Waals surface area contributed by atoms with E-state index < -0.39 is 0 Å². The summed E-state index contributed by atoms with van der Waals surface area (Å²) in [6.07, 6.45) is 0. The van der Waals surface area contributed by atoms with E-state index in [1.54, 1.807) is 11.3 Å². The van der Waals surface area contributed by atoms with E-state index in [0.29, 0.717) is 11.3 Å². The Morgan fingerprint density at radius 3 is 2.36 bits per heavy atom. The van der Waals surface area contributed by atoms with Crippen LogP contribution in [0.25, 0.3) is 20.9 Å². The highest BCUT2D eigenvalue weighted by Gasteiger charge is 2.32. The van der Waals surface area contributed by atoms with Gasteiger partial charge in [0.2, 0.25) is 11.5 Å². The molecule has 0 N–H and O–H groups in total. The number of rotatable bonds is 3. The highest BCUT2D eigenvalue weighted by molar-refractivity contribution is 7.23. The number of aromatic nitrogens is 2. The fourth-order valence-electron chi connectivity index (χ4n) is 3.63. The van der Waals surface area contributed by atoms with Gasteiger partial charge in [0.05, 0.1) is 4.70 Å². The summed E-state index contributed by atoms with van der Waals surface area (Å²) in [6, 6.07) is 23.8. The summed E-state index contributed by atoms with van der Waals surface area (Å²) in [7, 11) is 0. The molecule has 136 valence electrons. The highest BCUT2D eigenvalue weighted by Crippen LogP contribution is 2.28. The van der Waals surface area contributed by atoms with Crippen LogP contribution in [-0.2, 0) is 0 Å². The zero-order valence-corrected chi connectivity index (χ0v) is 15.9. The second-order valence-corrected chi connectivity index (χ2v) is 7.64. The predicted octanol–water partition coefficient (Wildman–Crippen LogP) is 5.11. The van der Waals surface area contributed by atoms with Gasteiger partial charge in [-0.25, -0.2) is 4.39 Å². The van der Waals surface area contributed by atoms with Gasteiger partial charge in [-0.05, 0) is 59.9 Å². The molecule has 0 saturated carbocycles. The van der Waals surface area contributed by atoms with Crippen molar-refractivity contribution in [3.05, 3.63) is 102 Å². The largest absolute Gasteiger partial charge is 0.352 e. The van der Waals surface area contributed by atoms with Gasteiger partial charge in [0.1, 0.15) is 11.5 Å². The summed E-state index contributed by atoms with van der Waals surface area (Å²) in [4.78, 5) is 14.4. The minimum atomic E-state index is -0.353. The Morgan fingerprint density at radius 2 is 1.61 bits per heavy atom. The number of para-hydroxylation sites is 2. The lowest BCUT2D eigenvalue weighted by Crippen LogP contribution is -2.27. The van der Waals surface area contributed by atoms with Crippen LogP contribution in [0.1, 0.15) is 21.7 Å². The third kappa shape index (κ3) is 2.47. The van der Waals surface area contributed by atoms with Crippen LogP contribution in [0.15, 0.2) is 78.9 Å². The zero-order valence-electron chi connectivity index (χ0n) is 15.1. The number of imidazole rings is 1. The normalized spacial score (nSPS) is 11.4. The predicted molar refractivity (Wildman–Crippen MR) is 109 cm³/mol. The minimum absolute atomic E-state index is 0.120. The molecule has 0 bridgehead atoms. The van der Waals surface area contributed by atoms with Gasteiger partial charge in [0.15, 0.2) is 11.2 Å². The Morgan fingerprint density at radius 1 is 0.929 bits per heavy atom. The number of hydrogen-bond donors (Lipinski definition) is 0. The number of benzene rings is 3. The number of nitrogens with zero attached hydrogens (tertiary/aromatic N) is 2. The van der Waals surface area contributed by atoms with Crippen LogP contribution >= 0.6 is 11.3 Å². The van der Waals surface area contributed by atoms with E-state index in [9.17, 15) is 9.18 Å². The Balaban J connectivity index is 1.87. The van der Waals surface area contributed by atoms with Crippen molar-refractivity contribution >= 4 is 32.3 Å². The molecule has 0 radical (unpaired) electrons. The van der Waals surface area contributed by atoms with Crippen molar-refractivity contribution in [2.24, 2.45) is 0 Å². The number of fused-ring (bicyclic) bond motifs is 3. The molecule has 5 heteroatoms. The van der Waals surface area contributed by atoms with Crippen LogP contribution in [0.5, 0.6) is 0 Å². The van der Waals surface area contributed by atoms with Crippen LogP contribution in [0.4, 0.5) is 4.39 Å². The Bertz CT molecular complexity index is 1330. The molecule has 0 amide bonds. The lowest BCUT2D eigenvalue weighted by atomic mass is 10.1. The van der Waals surface area contributed by atoms with Gasteiger partial charge in [-0.3, -0.25) is 4.79 Å². The first-order valence-electron chi connectivity index (χ1n) is 8.95. The molecule has 0 aliphatic carbocycles. The number of carbonyl (C=O) groups is 1. The van der Waals surface area contributed by atoms with Crippen molar-refractivity contribution < 1.29 is 13.6 Å². The number of halogens is 1. The number of thiazole rings is 1. The van der Waals surface area contributed by atoms with Gasteiger partial charge >= 0.3 is 4.96 Å². The quantitative estimate of drug-likeness (QED) is 0.312. The summed E-state index contributed by atoms with van der Waals surface area (Å²) in [6.45, 7) is 1.96. The van der Waals surface area contributed by atoms with E-state index in [0.717, 1.165) is 26.6 Å². The first-order chi connectivity index (χ1) is 13.6. The molecule has 5 aromatic rings. The van der Waals surface area contributed by atoms with E-state index in [-0.39, 0.29) is 11.6 Å². The summed E-state index contributed by atoms with van der Waals surface area (Å²) in [5.41, 5.74) is 3.92. The van der Waals surface area contributed by atoms with Crippen LogP contribution < -0.4 is 4.40 Å². The summed E-state index contributed by atoms with van der Waals surface area (Å²) in [5, 5.41) is 0. The smallest absolute Gasteiger partial charge is 0.284 e. The molecule has 0 saturated heterocycles. The standard InChI is InChI=1S/C23H16FN2OS/c1-15-21(22(27)16-11-13-17(24)14-12-16)26-19-9-5-6-10-20(19)28-23(26)25(15)18-7-3-2-4-8-18/h2-14H,1H3/q+1. The molecule has 0 atom stereocenters. The van der Waals surface area contributed by atoms with Crippen molar-refractivity contribution in [2.45, 2.75) is 6.92 Å². The maximum absolute atomic E-state index is 13.4. The first kappa shape index (κ1) is 16.8. The first-order valence-corrected chi connectivity index (χ1v) is 9.77. The topological polar surface area (TPSA) is 26.1 Å². The van der Waals surface area contributed by atoms with Crippen molar-refractivity contribution in [3.63, 3.8) is 0 Å². The Kier molecular flexibility index (Phi) is 3.84. The fourth-order valence-corrected chi connectivity index (χ4v) is 4.85. The molecule has 0 spiro atoms. The number of ketones is 1. The SMILES string of the molecule is Cc1c(C(=O)c2ccc(F)cc2)[n+]2c3ccccc3sc2n1-c1ccccc1. The molecule has 2 aromatic heterocycles. The number of hydrogen-bond acceptors (Lipinski definition) is 2. The third-order valence-corrected chi connectivity index (χ3v) is 6.04. The van der Waals surface area contributed by atoms with E-state index in [1.165, 1.54) is 24.3 Å². The van der Waals surface area contributed by atoms with Crippen LogP contribution in [0, 0.1) is 12.7 Å². The molecule has 3 aromatic carbocycles. The minimum Gasteiger partial charge on any atom is -0.284 e. The van der Waals surface area contributed by atoms with Crippen molar-refractivity contribution in [3.8, 4) is 5.69 Å². The molecular formula is C23H16FN2OS+. The molecule has 28 heavy (non-hydrogen) atoms. The lowest BCUT2D eigenvalue weighted by molar-refractivity contribution is -0.479. The van der Waals surface area contributed by atoms with Gasteiger partial charge in [-0.1, -0.05) is 30.3 Å². The van der Waals surface area contributed by atoms with Gasteiger partial charge < -0.3 is 0 Å². The zero-order chi connectivity index (χ0) is 19.3. The lowest BCUT2D eigenvalue weighted by Gasteiger charge is -2.00. The molecule has 5 rings (SSSR count). The van der Waals surface area contributed by atoms with E-state index >= 15 is 0 Å². The molecule has 0 unspecified atom stereocenters. The van der Waals surface area contributed by atoms with E-state index in [2.05, 4.69) is 10.6 Å². The summed E-state index contributed by atoms with van der Waals surface area (Å²) < 4.78 is 18.6. The maximum Gasteiger partial charge on any atom is 0.352 e. The fraction of sp³-hybridized carbons (Fsp3) is 0.0435. The van der Waals surface area contributed by atoms with E-state index in [4.69, 9.17) is 0 Å². The van der Waals surface area contributed by atoms with Crippen LogP contribution in [0.3, 0.4) is 0 Å². The second kappa shape index (κ2) is 6.39. The van der Waals surface area contributed by atoms with Gasteiger partial charge in [0, 0.05) is 12.5 Å². The van der Waals surface area contributed by atoms with Crippen molar-refractivity contribution in [1.29, 1.82) is 0 Å². The summed E-state index contributed by atoms with van der Waals surface area (Å²) >= 11 is 1.65. The molecule has 0 aliphatic heterocycles. The number of carbonyl (C=O) groups excluding carboxylic acids is 1.